The zero-order chi connectivity index (χ0) is 12.6. The molecular formula is C12H13BrN2OS. The molecule has 0 aliphatic carbocycles. The van der Waals surface area contributed by atoms with Crippen molar-refractivity contribution in [1.82, 2.24) is 9.97 Å². The van der Waals surface area contributed by atoms with Crippen molar-refractivity contribution in [3.63, 3.8) is 0 Å². The fraction of sp³-hybridized carbons (Fsp3) is 0.333. The van der Waals surface area contributed by atoms with E-state index in [1.54, 1.807) is 25.2 Å². The molecule has 3 nitrogen and oxygen atoms in total. The van der Waals surface area contributed by atoms with Crippen LogP contribution in [0.4, 0.5) is 0 Å². The van der Waals surface area contributed by atoms with Crippen LogP contribution in [-0.2, 0) is 5.60 Å². The fourth-order valence-corrected chi connectivity index (χ4v) is 2.77. The molecule has 2 aromatic heterocycles. The van der Waals surface area contributed by atoms with Crippen molar-refractivity contribution in [3.05, 3.63) is 33.5 Å². The number of aryl methyl sites for hydroxylation is 1. The molecule has 0 saturated heterocycles. The van der Waals surface area contributed by atoms with Crippen molar-refractivity contribution in [3.8, 4) is 10.6 Å². The maximum absolute atomic E-state index is 9.96. The highest BCUT2D eigenvalue weighted by atomic mass is 79.9. The topological polar surface area (TPSA) is 46.0 Å². The van der Waals surface area contributed by atoms with Gasteiger partial charge in [-0.1, -0.05) is 0 Å². The molecule has 0 radical (unpaired) electrons. The first-order valence-electron chi connectivity index (χ1n) is 5.20. The number of nitrogens with zero attached hydrogens (tertiary/aromatic N) is 2. The Morgan fingerprint density at radius 2 is 2.00 bits per heavy atom. The SMILES string of the molecule is Cc1cc(-c2ccc(Br)s2)nc(C(C)(C)O)n1. The Balaban J connectivity index is 2.52. The molecule has 5 heteroatoms. The summed E-state index contributed by atoms with van der Waals surface area (Å²) in [6, 6.07) is 5.92. The van der Waals surface area contributed by atoms with E-state index in [-0.39, 0.29) is 0 Å². The lowest BCUT2D eigenvalue weighted by molar-refractivity contribution is 0.0686. The van der Waals surface area contributed by atoms with Crippen LogP contribution in [0.1, 0.15) is 25.4 Å². The first-order chi connectivity index (χ1) is 7.86. The van der Waals surface area contributed by atoms with Gasteiger partial charge in [0.2, 0.25) is 0 Å². The van der Waals surface area contributed by atoms with E-state index in [4.69, 9.17) is 0 Å². The molecule has 17 heavy (non-hydrogen) atoms. The van der Waals surface area contributed by atoms with Crippen LogP contribution in [0.3, 0.4) is 0 Å². The van der Waals surface area contributed by atoms with E-state index in [9.17, 15) is 5.11 Å². The van der Waals surface area contributed by atoms with Crippen LogP contribution in [0.25, 0.3) is 10.6 Å². The summed E-state index contributed by atoms with van der Waals surface area (Å²) in [6.07, 6.45) is 0. The number of thiophene rings is 1. The van der Waals surface area contributed by atoms with Crippen LogP contribution < -0.4 is 0 Å². The highest BCUT2D eigenvalue weighted by molar-refractivity contribution is 9.11. The lowest BCUT2D eigenvalue weighted by Gasteiger charge is -2.16. The van der Waals surface area contributed by atoms with Crippen LogP contribution >= 0.6 is 27.3 Å². The predicted octanol–water partition coefficient (Wildman–Crippen LogP) is 3.50. The first-order valence-corrected chi connectivity index (χ1v) is 6.81. The van der Waals surface area contributed by atoms with E-state index < -0.39 is 5.60 Å². The van der Waals surface area contributed by atoms with Crippen LogP contribution in [-0.4, -0.2) is 15.1 Å². The fourth-order valence-electron chi connectivity index (χ4n) is 1.42. The molecule has 0 fully saturated rings. The summed E-state index contributed by atoms with van der Waals surface area (Å²) in [5.74, 6) is 0.456. The van der Waals surface area contributed by atoms with Gasteiger partial charge in [0.05, 0.1) is 14.4 Å². The van der Waals surface area contributed by atoms with Gasteiger partial charge in [0.25, 0.3) is 0 Å². The van der Waals surface area contributed by atoms with Gasteiger partial charge in [-0.2, -0.15) is 0 Å². The molecule has 2 heterocycles. The summed E-state index contributed by atoms with van der Waals surface area (Å²) in [5, 5.41) is 9.96. The summed E-state index contributed by atoms with van der Waals surface area (Å²) >= 11 is 5.05. The minimum Gasteiger partial charge on any atom is -0.382 e. The Kier molecular flexibility index (Phi) is 3.34. The molecule has 0 unspecified atom stereocenters. The van der Waals surface area contributed by atoms with Gasteiger partial charge in [0.1, 0.15) is 5.60 Å². The van der Waals surface area contributed by atoms with Gasteiger partial charge in [0.15, 0.2) is 5.82 Å². The largest absolute Gasteiger partial charge is 0.382 e. The van der Waals surface area contributed by atoms with Gasteiger partial charge in [-0.05, 0) is 54.9 Å². The van der Waals surface area contributed by atoms with Crippen molar-refractivity contribution in [1.29, 1.82) is 0 Å². The first kappa shape index (κ1) is 12.7. The van der Waals surface area contributed by atoms with E-state index >= 15 is 0 Å². The molecule has 90 valence electrons. The molecule has 0 spiro atoms. The number of halogens is 1. The lowest BCUT2D eigenvalue weighted by atomic mass is 10.1. The highest BCUT2D eigenvalue weighted by Crippen LogP contribution is 2.31. The molecule has 2 aromatic rings. The summed E-state index contributed by atoms with van der Waals surface area (Å²) < 4.78 is 1.06. The number of hydrogen-bond donors (Lipinski definition) is 1. The second kappa shape index (κ2) is 4.48. The molecule has 0 aliphatic rings. The van der Waals surface area contributed by atoms with E-state index in [1.165, 1.54) is 0 Å². The van der Waals surface area contributed by atoms with E-state index in [0.29, 0.717) is 5.82 Å². The van der Waals surface area contributed by atoms with Crippen LogP contribution in [0.2, 0.25) is 0 Å². The molecule has 0 atom stereocenters. The Morgan fingerprint density at radius 3 is 2.53 bits per heavy atom. The number of rotatable bonds is 2. The van der Waals surface area contributed by atoms with E-state index in [2.05, 4.69) is 25.9 Å². The molecular weight excluding hydrogens is 300 g/mol. The third-order valence-corrected chi connectivity index (χ3v) is 3.87. The van der Waals surface area contributed by atoms with Gasteiger partial charge in [-0.3, -0.25) is 0 Å². The van der Waals surface area contributed by atoms with Crippen molar-refractivity contribution in [2.75, 3.05) is 0 Å². The van der Waals surface area contributed by atoms with Gasteiger partial charge >= 0.3 is 0 Å². The zero-order valence-electron chi connectivity index (χ0n) is 9.86. The average Bonchev–Trinajstić information content (AvgIpc) is 2.62. The van der Waals surface area contributed by atoms with Crippen molar-refractivity contribution in [2.24, 2.45) is 0 Å². The summed E-state index contributed by atoms with van der Waals surface area (Å²) in [4.78, 5) is 9.75. The molecule has 0 aliphatic heterocycles. The number of hydrogen-bond acceptors (Lipinski definition) is 4. The van der Waals surface area contributed by atoms with Gasteiger partial charge in [-0.15, -0.1) is 11.3 Å². The van der Waals surface area contributed by atoms with Crippen LogP contribution in [0, 0.1) is 6.92 Å². The minimum absolute atomic E-state index is 0.456. The molecule has 0 bridgehead atoms. The van der Waals surface area contributed by atoms with Crippen molar-refractivity contribution in [2.45, 2.75) is 26.4 Å². The van der Waals surface area contributed by atoms with Crippen molar-refractivity contribution >= 4 is 27.3 Å². The summed E-state index contributed by atoms with van der Waals surface area (Å²) in [6.45, 7) is 5.29. The monoisotopic (exact) mass is 312 g/mol. The summed E-state index contributed by atoms with van der Waals surface area (Å²) in [7, 11) is 0. The standard InChI is InChI=1S/C12H13BrN2OS/c1-7-6-8(9-4-5-10(13)17-9)15-11(14-7)12(2,3)16/h4-6,16H,1-3H3. The molecule has 0 saturated carbocycles. The Morgan fingerprint density at radius 1 is 1.29 bits per heavy atom. The average molecular weight is 313 g/mol. The highest BCUT2D eigenvalue weighted by Gasteiger charge is 2.21. The van der Waals surface area contributed by atoms with Crippen LogP contribution in [0.5, 0.6) is 0 Å². The second-order valence-corrected chi connectivity index (χ2v) is 6.84. The van der Waals surface area contributed by atoms with Gasteiger partial charge < -0.3 is 5.11 Å². The van der Waals surface area contributed by atoms with E-state index in [1.807, 2.05) is 25.1 Å². The Bertz CT molecular complexity index is 546. The molecule has 0 aromatic carbocycles. The Labute approximate surface area is 113 Å². The van der Waals surface area contributed by atoms with Gasteiger partial charge in [0, 0.05) is 5.69 Å². The molecule has 0 amide bonds. The maximum atomic E-state index is 9.96. The van der Waals surface area contributed by atoms with Crippen LogP contribution in [0.15, 0.2) is 22.0 Å². The third-order valence-electron chi connectivity index (χ3n) is 2.23. The quantitative estimate of drug-likeness (QED) is 0.923. The van der Waals surface area contributed by atoms with E-state index in [0.717, 1.165) is 20.1 Å². The zero-order valence-corrected chi connectivity index (χ0v) is 12.3. The Hall–Kier alpha value is -0.780. The smallest absolute Gasteiger partial charge is 0.160 e. The molecule has 2 rings (SSSR count). The predicted molar refractivity (Wildman–Crippen MR) is 73.0 cm³/mol. The lowest BCUT2D eigenvalue weighted by Crippen LogP contribution is -2.20. The summed E-state index contributed by atoms with van der Waals surface area (Å²) in [5.41, 5.74) is 0.692. The maximum Gasteiger partial charge on any atom is 0.160 e. The van der Waals surface area contributed by atoms with Gasteiger partial charge in [-0.25, -0.2) is 9.97 Å². The second-order valence-electron chi connectivity index (χ2n) is 4.38. The van der Waals surface area contributed by atoms with Crippen molar-refractivity contribution < 1.29 is 5.11 Å². The third kappa shape index (κ3) is 2.91. The normalized spacial score (nSPS) is 11.8. The number of aliphatic hydroxyl groups is 1. The minimum atomic E-state index is -1.02. The molecule has 1 N–H and O–H groups in total. The number of aromatic nitrogens is 2.